The van der Waals surface area contributed by atoms with Gasteiger partial charge in [-0.25, -0.2) is 0 Å². The molecule has 0 aliphatic heterocycles. The van der Waals surface area contributed by atoms with Gasteiger partial charge in [-0.2, -0.15) is 0 Å². The third kappa shape index (κ3) is 8.30. The van der Waals surface area contributed by atoms with E-state index in [9.17, 15) is 0 Å². The van der Waals surface area contributed by atoms with Gasteiger partial charge >= 0.3 is 0 Å². The lowest BCUT2D eigenvalue weighted by Gasteiger charge is -2.29. The Morgan fingerprint density at radius 3 is 1.81 bits per heavy atom. The van der Waals surface area contributed by atoms with Crippen LogP contribution >= 0.6 is 0 Å². The van der Waals surface area contributed by atoms with E-state index in [1.54, 1.807) is 5.56 Å². The molecule has 0 amide bonds. The van der Waals surface area contributed by atoms with Gasteiger partial charge in [-0.15, -0.1) is 0 Å². The average Bonchev–Trinajstić information content (AvgIpc) is 2.85. The molecule has 2 aromatic rings. The van der Waals surface area contributed by atoms with Crippen LogP contribution in [0.25, 0.3) is 11.1 Å². The fraction of sp³-hybridized carbons (Fsp3) is 0.613. The highest BCUT2D eigenvalue weighted by molar-refractivity contribution is 5.64. The molecule has 0 radical (unpaired) electrons. The highest BCUT2D eigenvalue weighted by Crippen LogP contribution is 2.38. The van der Waals surface area contributed by atoms with Crippen LogP contribution in [0.4, 0.5) is 0 Å². The summed E-state index contributed by atoms with van der Waals surface area (Å²) in [6, 6.07) is 18.0. The zero-order valence-corrected chi connectivity index (χ0v) is 20.8. The van der Waals surface area contributed by atoms with Crippen molar-refractivity contribution in [3.05, 3.63) is 54.1 Å². The molecular formula is C31H46O. The lowest BCUT2D eigenvalue weighted by molar-refractivity contribution is 0.302. The van der Waals surface area contributed by atoms with Crippen molar-refractivity contribution >= 4 is 0 Å². The van der Waals surface area contributed by atoms with E-state index >= 15 is 0 Å². The monoisotopic (exact) mass is 434 g/mol. The van der Waals surface area contributed by atoms with Crippen LogP contribution < -0.4 is 4.74 Å². The molecule has 176 valence electrons. The van der Waals surface area contributed by atoms with E-state index in [2.05, 4.69) is 62.4 Å². The Kier molecular flexibility index (Phi) is 11.2. The lowest BCUT2D eigenvalue weighted by atomic mass is 9.77. The summed E-state index contributed by atoms with van der Waals surface area (Å²) in [5, 5.41) is 0. The van der Waals surface area contributed by atoms with E-state index in [0.717, 1.165) is 30.6 Å². The summed E-state index contributed by atoms with van der Waals surface area (Å²) in [4.78, 5) is 0. The number of rotatable bonds is 14. The Morgan fingerprint density at radius 1 is 0.625 bits per heavy atom. The van der Waals surface area contributed by atoms with Gasteiger partial charge < -0.3 is 4.74 Å². The SMILES string of the molecule is CCCCCCCOc1ccc(-c2ccc(C3CCC(CCCCCC)CC3)cc2)cc1. The summed E-state index contributed by atoms with van der Waals surface area (Å²) in [5.74, 6) is 2.75. The third-order valence-electron chi connectivity index (χ3n) is 7.40. The van der Waals surface area contributed by atoms with Gasteiger partial charge in [0.2, 0.25) is 0 Å². The van der Waals surface area contributed by atoms with Crippen LogP contribution in [0.3, 0.4) is 0 Å². The summed E-state index contributed by atoms with van der Waals surface area (Å²) >= 11 is 0. The molecule has 0 spiro atoms. The Labute approximate surface area is 198 Å². The molecule has 1 fully saturated rings. The fourth-order valence-electron chi connectivity index (χ4n) is 5.23. The Balaban J connectivity index is 1.41. The van der Waals surface area contributed by atoms with E-state index in [0.29, 0.717) is 0 Å². The van der Waals surface area contributed by atoms with Gasteiger partial charge in [0.15, 0.2) is 0 Å². The van der Waals surface area contributed by atoms with Crippen molar-refractivity contribution in [1.29, 1.82) is 0 Å². The van der Waals surface area contributed by atoms with Crippen molar-refractivity contribution in [3.8, 4) is 16.9 Å². The largest absolute Gasteiger partial charge is 0.494 e. The number of benzene rings is 2. The first-order valence-electron chi connectivity index (χ1n) is 13.6. The van der Waals surface area contributed by atoms with Gasteiger partial charge in [0.05, 0.1) is 6.61 Å². The van der Waals surface area contributed by atoms with E-state index in [1.165, 1.54) is 94.6 Å². The average molecular weight is 435 g/mol. The molecule has 0 N–H and O–H groups in total. The topological polar surface area (TPSA) is 9.23 Å². The first-order valence-corrected chi connectivity index (χ1v) is 13.6. The van der Waals surface area contributed by atoms with Crippen LogP contribution in [-0.4, -0.2) is 6.61 Å². The first-order chi connectivity index (χ1) is 15.8. The predicted molar refractivity (Wildman–Crippen MR) is 140 cm³/mol. The second-order valence-corrected chi connectivity index (χ2v) is 9.98. The molecule has 0 atom stereocenters. The maximum absolute atomic E-state index is 5.92. The van der Waals surface area contributed by atoms with Gasteiger partial charge in [0.25, 0.3) is 0 Å². The minimum absolute atomic E-state index is 0.768. The molecule has 3 rings (SSSR count). The second-order valence-electron chi connectivity index (χ2n) is 9.98. The standard InChI is InChI=1S/C31H46O/c1-3-5-7-9-11-25-32-31-23-21-30(22-24-31)29-19-17-28(18-20-29)27-15-13-26(14-16-27)12-10-8-6-4-2/h17-24,26-27H,3-16,25H2,1-2H3. The van der Waals surface area contributed by atoms with Crippen LogP contribution in [0.5, 0.6) is 5.75 Å². The van der Waals surface area contributed by atoms with E-state index in [1.807, 2.05) is 0 Å². The number of ether oxygens (including phenoxy) is 1. The Bertz CT molecular complexity index is 722. The highest BCUT2D eigenvalue weighted by atomic mass is 16.5. The van der Waals surface area contributed by atoms with Crippen molar-refractivity contribution in [2.24, 2.45) is 5.92 Å². The molecule has 0 aromatic heterocycles. The molecule has 1 heteroatoms. The van der Waals surface area contributed by atoms with Gasteiger partial charge in [-0.3, -0.25) is 0 Å². The molecule has 1 nitrogen and oxygen atoms in total. The summed E-state index contributed by atoms with van der Waals surface area (Å²) in [5.41, 5.74) is 4.13. The van der Waals surface area contributed by atoms with Crippen LogP contribution in [0.15, 0.2) is 48.5 Å². The van der Waals surface area contributed by atoms with Crippen molar-refractivity contribution in [1.82, 2.24) is 0 Å². The van der Waals surface area contributed by atoms with Gasteiger partial charge in [0, 0.05) is 0 Å². The van der Waals surface area contributed by atoms with Gasteiger partial charge in [-0.05, 0) is 72.8 Å². The molecule has 0 bridgehead atoms. The molecule has 1 aliphatic carbocycles. The molecule has 1 saturated carbocycles. The molecule has 2 aromatic carbocycles. The number of hydrogen-bond acceptors (Lipinski definition) is 1. The predicted octanol–water partition coefficient (Wildman–Crippen LogP) is 9.95. The molecule has 0 saturated heterocycles. The third-order valence-corrected chi connectivity index (χ3v) is 7.40. The van der Waals surface area contributed by atoms with E-state index in [4.69, 9.17) is 4.74 Å². The summed E-state index contributed by atoms with van der Waals surface area (Å²) in [6.45, 7) is 5.39. The van der Waals surface area contributed by atoms with Gasteiger partial charge in [0.1, 0.15) is 5.75 Å². The van der Waals surface area contributed by atoms with Crippen LogP contribution in [-0.2, 0) is 0 Å². The van der Waals surface area contributed by atoms with Crippen molar-refractivity contribution in [3.63, 3.8) is 0 Å². The summed E-state index contributed by atoms with van der Waals surface area (Å²) in [6.07, 6.45) is 19.1. The van der Waals surface area contributed by atoms with Crippen LogP contribution in [0, 0.1) is 5.92 Å². The van der Waals surface area contributed by atoms with Crippen molar-refractivity contribution in [2.45, 2.75) is 110 Å². The van der Waals surface area contributed by atoms with E-state index < -0.39 is 0 Å². The second kappa shape index (κ2) is 14.4. The summed E-state index contributed by atoms with van der Waals surface area (Å²) < 4.78 is 5.92. The summed E-state index contributed by atoms with van der Waals surface area (Å²) in [7, 11) is 0. The van der Waals surface area contributed by atoms with Gasteiger partial charge in [-0.1, -0.05) is 108 Å². The Hall–Kier alpha value is -1.76. The zero-order valence-electron chi connectivity index (χ0n) is 20.8. The maximum Gasteiger partial charge on any atom is 0.119 e. The Morgan fingerprint density at radius 2 is 1.19 bits per heavy atom. The fourth-order valence-corrected chi connectivity index (χ4v) is 5.23. The minimum Gasteiger partial charge on any atom is -0.494 e. The van der Waals surface area contributed by atoms with Crippen LogP contribution in [0.2, 0.25) is 0 Å². The first kappa shape index (κ1) is 24.9. The highest BCUT2D eigenvalue weighted by Gasteiger charge is 2.22. The molecule has 0 unspecified atom stereocenters. The minimum atomic E-state index is 0.768. The van der Waals surface area contributed by atoms with Crippen molar-refractivity contribution < 1.29 is 4.74 Å². The number of unbranched alkanes of at least 4 members (excludes halogenated alkanes) is 7. The quantitative estimate of drug-likeness (QED) is 0.269. The zero-order chi connectivity index (χ0) is 22.4. The lowest BCUT2D eigenvalue weighted by Crippen LogP contribution is -2.13. The van der Waals surface area contributed by atoms with Crippen molar-refractivity contribution in [2.75, 3.05) is 6.61 Å². The number of hydrogen-bond donors (Lipinski definition) is 0. The normalized spacial score (nSPS) is 18.6. The molecule has 32 heavy (non-hydrogen) atoms. The molecular weight excluding hydrogens is 388 g/mol. The molecule has 0 heterocycles. The van der Waals surface area contributed by atoms with Crippen LogP contribution in [0.1, 0.15) is 115 Å². The van der Waals surface area contributed by atoms with E-state index in [-0.39, 0.29) is 0 Å². The molecule has 1 aliphatic rings. The maximum atomic E-state index is 5.92. The smallest absolute Gasteiger partial charge is 0.119 e.